The summed E-state index contributed by atoms with van der Waals surface area (Å²) in [5, 5.41) is 9.07. The molecule has 10 heavy (non-hydrogen) atoms. The normalized spacial score (nSPS) is 33.8. The lowest BCUT2D eigenvalue weighted by atomic mass is 10.2. The van der Waals surface area contributed by atoms with Gasteiger partial charge in [0, 0.05) is 6.42 Å². The lowest BCUT2D eigenvalue weighted by Crippen LogP contribution is -2.27. The van der Waals surface area contributed by atoms with Gasteiger partial charge in [-0.05, 0) is 19.7 Å². The van der Waals surface area contributed by atoms with Crippen molar-refractivity contribution in [2.24, 2.45) is 0 Å². The summed E-state index contributed by atoms with van der Waals surface area (Å²) in [6.07, 6.45) is -0.0244. The molecule has 2 unspecified atom stereocenters. The predicted molar refractivity (Wildman–Crippen MR) is 38.3 cm³/mol. The smallest absolute Gasteiger partial charge is 0.179 e. The SMILES string of the molecule is C=C1CC(N(C)C)OC1O. The van der Waals surface area contributed by atoms with Gasteiger partial charge in [0.15, 0.2) is 6.29 Å². The molecule has 1 saturated heterocycles. The van der Waals surface area contributed by atoms with Gasteiger partial charge in [0.1, 0.15) is 6.23 Å². The Hall–Kier alpha value is -0.380. The van der Waals surface area contributed by atoms with Crippen LogP contribution in [-0.2, 0) is 4.74 Å². The van der Waals surface area contributed by atoms with Crippen LogP contribution >= 0.6 is 0 Å². The molecule has 0 amide bonds. The van der Waals surface area contributed by atoms with E-state index < -0.39 is 6.29 Å². The highest BCUT2D eigenvalue weighted by atomic mass is 16.6. The first-order chi connectivity index (χ1) is 4.61. The molecule has 1 aliphatic heterocycles. The van der Waals surface area contributed by atoms with E-state index >= 15 is 0 Å². The van der Waals surface area contributed by atoms with E-state index in [-0.39, 0.29) is 6.23 Å². The molecule has 1 rings (SSSR count). The lowest BCUT2D eigenvalue weighted by molar-refractivity contribution is -0.116. The average Bonchev–Trinajstić information content (AvgIpc) is 2.13. The third-order valence-corrected chi connectivity index (χ3v) is 1.65. The maximum Gasteiger partial charge on any atom is 0.179 e. The van der Waals surface area contributed by atoms with Crippen molar-refractivity contribution in [2.75, 3.05) is 14.1 Å². The molecule has 0 saturated carbocycles. The van der Waals surface area contributed by atoms with Crippen LogP contribution < -0.4 is 0 Å². The summed E-state index contributed by atoms with van der Waals surface area (Å²) in [5.41, 5.74) is 0.763. The van der Waals surface area contributed by atoms with E-state index in [9.17, 15) is 0 Å². The largest absolute Gasteiger partial charge is 0.364 e. The first-order valence-corrected chi connectivity index (χ1v) is 3.29. The Morgan fingerprint density at radius 3 is 2.50 bits per heavy atom. The van der Waals surface area contributed by atoms with Crippen molar-refractivity contribution in [1.82, 2.24) is 4.90 Å². The first-order valence-electron chi connectivity index (χ1n) is 3.29. The van der Waals surface area contributed by atoms with E-state index in [0.29, 0.717) is 0 Å². The molecular formula is C7H13NO2. The minimum absolute atomic E-state index is 0.00231. The van der Waals surface area contributed by atoms with Crippen LogP contribution in [0.1, 0.15) is 6.42 Å². The lowest BCUT2D eigenvalue weighted by Gasteiger charge is -2.17. The number of nitrogens with zero attached hydrogens (tertiary/aromatic N) is 1. The zero-order chi connectivity index (χ0) is 7.72. The molecule has 1 aliphatic rings. The van der Waals surface area contributed by atoms with Crippen LogP contribution in [0.4, 0.5) is 0 Å². The monoisotopic (exact) mass is 143 g/mol. The second-order valence-corrected chi connectivity index (χ2v) is 2.77. The Kier molecular flexibility index (Phi) is 2.08. The molecule has 3 heteroatoms. The molecule has 2 atom stereocenters. The van der Waals surface area contributed by atoms with E-state index in [0.717, 1.165) is 12.0 Å². The predicted octanol–water partition coefficient (Wildman–Crippen LogP) is 0.169. The van der Waals surface area contributed by atoms with Crippen molar-refractivity contribution < 1.29 is 9.84 Å². The molecule has 58 valence electrons. The van der Waals surface area contributed by atoms with Crippen molar-refractivity contribution in [3.05, 3.63) is 12.2 Å². The van der Waals surface area contributed by atoms with Gasteiger partial charge in [-0.1, -0.05) is 6.58 Å². The van der Waals surface area contributed by atoms with Crippen LogP contribution in [0.5, 0.6) is 0 Å². The van der Waals surface area contributed by atoms with Crippen molar-refractivity contribution in [2.45, 2.75) is 18.9 Å². The van der Waals surface area contributed by atoms with Crippen molar-refractivity contribution in [1.29, 1.82) is 0 Å². The zero-order valence-corrected chi connectivity index (χ0v) is 6.37. The third kappa shape index (κ3) is 1.37. The summed E-state index contributed by atoms with van der Waals surface area (Å²) >= 11 is 0. The van der Waals surface area contributed by atoms with E-state index in [1.807, 2.05) is 19.0 Å². The van der Waals surface area contributed by atoms with Crippen molar-refractivity contribution >= 4 is 0 Å². The van der Waals surface area contributed by atoms with Crippen LogP contribution in [0, 0.1) is 0 Å². The Balaban J connectivity index is 2.49. The van der Waals surface area contributed by atoms with Gasteiger partial charge in [-0.2, -0.15) is 0 Å². The standard InChI is InChI=1S/C7H13NO2/c1-5-4-6(8(2)3)10-7(5)9/h6-7,9H,1,4H2,2-3H3. The fourth-order valence-electron chi connectivity index (χ4n) is 0.923. The molecule has 3 nitrogen and oxygen atoms in total. The summed E-state index contributed by atoms with van der Waals surface area (Å²) in [7, 11) is 3.83. The molecule has 0 aromatic rings. The van der Waals surface area contributed by atoms with E-state index in [4.69, 9.17) is 9.84 Å². The van der Waals surface area contributed by atoms with Gasteiger partial charge in [-0.25, -0.2) is 0 Å². The van der Waals surface area contributed by atoms with Crippen LogP contribution in [0.25, 0.3) is 0 Å². The van der Waals surface area contributed by atoms with Crippen LogP contribution in [-0.4, -0.2) is 36.6 Å². The van der Waals surface area contributed by atoms with Gasteiger partial charge in [-0.3, -0.25) is 4.90 Å². The van der Waals surface area contributed by atoms with Gasteiger partial charge in [-0.15, -0.1) is 0 Å². The molecule has 0 aliphatic carbocycles. The van der Waals surface area contributed by atoms with Crippen LogP contribution in [0.15, 0.2) is 12.2 Å². The van der Waals surface area contributed by atoms with Crippen LogP contribution in [0.2, 0.25) is 0 Å². The molecule has 1 N–H and O–H groups in total. The van der Waals surface area contributed by atoms with E-state index in [1.54, 1.807) is 0 Å². The molecular weight excluding hydrogens is 130 g/mol. The van der Waals surface area contributed by atoms with Gasteiger partial charge in [0.25, 0.3) is 0 Å². The number of hydrogen-bond donors (Lipinski definition) is 1. The molecule has 0 spiro atoms. The van der Waals surface area contributed by atoms with Crippen molar-refractivity contribution in [3.63, 3.8) is 0 Å². The summed E-state index contributed by atoms with van der Waals surface area (Å²) in [6, 6.07) is 0. The highest BCUT2D eigenvalue weighted by molar-refractivity contribution is 5.04. The minimum atomic E-state index is -0.757. The Morgan fingerprint density at radius 2 is 2.30 bits per heavy atom. The zero-order valence-electron chi connectivity index (χ0n) is 6.37. The first kappa shape index (κ1) is 7.72. The molecule has 1 heterocycles. The number of hydrogen-bond acceptors (Lipinski definition) is 3. The van der Waals surface area contributed by atoms with Crippen LogP contribution in [0.3, 0.4) is 0 Å². The summed E-state index contributed by atoms with van der Waals surface area (Å²) in [6.45, 7) is 3.67. The molecule has 1 fully saturated rings. The number of aliphatic hydroxyl groups is 1. The topological polar surface area (TPSA) is 32.7 Å². The molecule has 0 bridgehead atoms. The Morgan fingerprint density at radius 1 is 1.70 bits per heavy atom. The summed E-state index contributed by atoms with van der Waals surface area (Å²) < 4.78 is 5.12. The number of rotatable bonds is 1. The van der Waals surface area contributed by atoms with E-state index in [1.165, 1.54) is 0 Å². The fraction of sp³-hybridized carbons (Fsp3) is 0.714. The highest BCUT2D eigenvalue weighted by Gasteiger charge is 2.27. The maximum absolute atomic E-state index is 9.07. The minimum Gasteiger partial charge on any atom is -0.364 e. The van der Waals surface area contributed by atoms with E-state index in [2.05, 4.69) is 6.58 Å². The second kappa shape index (κ2) is 2.70. The number of ether oxygens (including phenoxy) is 1. The van der Waals surface area contributed by atoms with Crippen molar-refractivity contribution in [3.8, 4) is 0 Å². The van der Waals surface area contributed by atoms with Gasteiger partial charge >= 0.3 is 0 Å². The Bertz CT molecular complexity index is 145. The molecule has 0 aromatic carbocycles. The maximum atomic E-state index is 9.07. The molecule has 0 aromatic heterocycles. The second-order valence-electron chi connectivity index (χ2n) is 2.77. The quantitative estimate of drug-likeness (QED) is 0.531. The summed E-state index contributed by atoms with van der Waals surface area (Å²) in [5.74, 6) is 0. The fourth-order valence-corrected chi connectivity index (χ4v) is 0.923. The average molecular weight is 143 g/mol. The van der Waals surface area contributed by atoms with Gasteiger partial charge < -0.3 is 9.84 Å². The Labute approximate surface area is 60.9 Å². The highest BCUT2D eigenvalue weighted by Crippen LogP contribution is 2.23. The summed E-state index contributed by atoms with van der Waals surface area (Å²) in [4.78, 5) is 1.92. The number of aliphatic hydroxyl groups excluding tert-OH is 1. The van der Waals surface area contributed by atoms with Gasteiger partial charge in [0.05, 0.1) is 0 Å². The van der Waals surface area contributed by atoms with Gasteiger partial charge in [0.2, 0.25) is 0 Å². The third-order valence-electron chi connectivity index (χ3n) is 1.65. The molecule has 0 radical (unpaired) electrons.